The Hall–Kier alpha value is -2.60. The minimum absolute atomic E-state index is 0.0921. The molecule has 0 unspecified atom stereocenters. The number of hydrogen-bond acceptors (Lipinski definition) is 8. The Morgan fingerprint density at radius 2 is 1.90 bits per heavy atom. The van der Waals surface area contributed by atoms with Gasteiger partial charge in [-0.25, -0.2) is 13.4 Å². The summed E-state index contributed by atoms with van der Waals surface area (Å²) in [5.74, 6) is 0.962. The maximum absolute atomic E-state index is 12.8. The van der Waals surface area contributed by atoms with E-state index in [9.17, 15) is 18.0 Å². The summed E-state index contributed by atoms with van der Waals surface area (Å²) in [6.07, 6.45) is 2.06. The summed E-state index contributed by atoms with van der Waals surface area (Å²) in [6, 6.07) is 0. The second-order valence-electron chi connectivity index (χ2n) is 7.17. The zero-order valence-corrected chi connectivity index (χ0v) is 18.2. The summed E-state index contributed by atoms with van der Waals surface area (Å²) in [5.41, 5.74) is -0.169. The molecule has 164 valence electrons. The van der Waals surface area contributed by atoms with Crippen molar-refractivity contribution in [2.45, 2.75) is 40.2 Å². The second kappa shape index (κ2) is 9.04. The third-order valence-corrected chi connectivity index (χ3v) is 7.08. The normalized spacial score (nSPS) is 15.5. The molecule has 3 rings (SSSR count). The number of aryl methyl sites for hydroxylation is 2. The fourth-order valence-corrected chi connectivity index (χ4v) is 4.85. The first-order valence-electron chi connectivity index (χ1n) is 9.85. The van der Waals surface area contributed by atoms with Gasteiger partial charge in [0.25, 0.3) is 11.4 Å². The lowest BCUT2D eigenvalue weighted by atomic mass is 10.2. The van der Waals surface area contributed by atoms with Gasteiger partial charge in [-0.3, -0.25) is 14.2 Å². The lowest BCUT2D eigenvalue weighted by Crippen LogP contribution is -2.51. The van der Waals surface area contributed by atoms with E-state index in [1.165, 1.54) is 15.1 Å². The Labute approximate surface area is 174 Å². The Kier molecular flexibility index (Phi) is 6.66. The molecule has 0 bridgehead atoms. The smallest absolute Gasteiger partial charge is 0.266 e. The first kappa shape index (κ1) is 22.1. The fraction of sp³-hybridized carbons (Fsp3) is 0.611. The molecule has 1 aliphatic heterocycles. The van der Waals surface area contributed by atoms with Gasteiger partial charge in [0.15, 0.2) is 5.82 Å². The van der Waals surface area contributed by atoms with E-state index in [0.29, 0.717) is 44.2 Å². The quantitative estimate of drug-likeness (QED) is 0.598. The molecule has 3 heterocycles. The van der Waals surface area contributed by atoms with E-state index in [2.05, 4.69) is 15.1 Å². The van der Waals surface area contributed by atoms with Crippen molar-refractivity contribution in [3.63, 3.8) is 0 Å². The number of carbonyl (C=O) groups is 1. The lowest BCUT2D eigenvalue weighted by molar-refractivity contribution is -0.132. The highest BCUT2D eigenvalue weighted by atomic mass is 32.2. The van der Waals surface area contributed by atoms with E-state index in [4.69, 9.17) is 4.52 Å². The molecule has 1 saturated heterocycles. The minimum Gasteiger partial charge on any atom is -0.340 e. The van der Waals surface area contributed by atoms with Crippen LogP contribution in [0.2, 0.25) is 0 Å². The number of piperazine rings is 1. The van der Waals surface area contributed by atoms with Crippen LogP contribution in [-0.4, -0.2) is 75.2 Å². The molecular weight excluding hydrogens is 412 g/mol. The van der Waals surface area contributed by atoms with E-state index in [-0.39, 0.29) is 41.6 Å². The zero-order valence-electron chi connectivity index (χ0n) is 17.4. The second-order valence-corrected chi connectivity index (χ2v) is 9.26. The molecule has 1 amide bonds. The van der Waals surface area contributed by atoms with Gasteiger partial charge >= 0.3 is 0 Å². The topological polar surface area (TPSA) is 132 Å². The van der Waals surface area contributed by atoms with Crippen molar-refractivity contribution < 1.29 is 17.7 Å². The Morgan fingerprint density at radius 1 is 1.20 bits per heavy atom. The highest BCUT2D eigenvalue weighted by Crippen LogP contribution is 2.13. The molecule has 2 aromatic rings. The molecule has 0 N–H and O–H groups in total. The van der Waals surface area contributed by atoms with Crippen molar-refractivity contribution in [3.05, 3.63) is 28.2 Å². The van der Waals surface area contributed by atoms with Gasteiger partial charge in [0.1, 0.15) is 11.4 Å². The van der Waals surface area contributed by atoms with Crippen LogP contribution in [-0.2, 0) is 21.4 Å². The molecular formula is C18H26N6O5S. The number of sulfonamides is 1. The third-order valence-electron chi connectivity index (χ3n) is 5.00. The van der Waals surface area contributed by atoms with E-state index in [1.807, 2.05) is 6.92 Å². The van der Waals surface area contributed by atoms with Crippen LogP contribution in [0.5, 0.6) is 0 Å². The van der Waals surface area contributed by atoms with Crippen LogP contribution in [0.1, 0.15) is 31.4 Å². The maximum Gasteiger partial charge on any atom is 0.266 e. The first-order valence-corrected chi connectivity index (χ1v) is 11.5. The number of hydrogen-bond donors (Lipinski definition) is 0. The first-order chi connectivity index (χ1) is 14.2. The summed E-state index contributed by atoms with van der Waals surface area (Å²) in [4.78, 5) is 35.3. The Bertz CT molecular complexity index is 1070. The zero-order chi connectivity index (χ0) is 21.9. The van der Waals surface area contributed by atoms with Gasteiger partial charge < -0.3 is 9.42 Å². The van der Waals surface area contributed by atoms with E-state index in [0.717, 1.165) is 0 Å². The van der Waals surface area contributed by atoms with Crippen LogP contribution in [0.3, 0.4) is 0 Å². The van der Waals surface area contributed by atoms with Crippen molar-refractivity contribution in [1.29, 1.82) is 0 Å². The molecule has 0 aromatic carbocycles. The van der Waals surface area contributed by atoms with Crippen molar-refractivity contribution in [1.82, 2.24) is 28.9 Å². The van der Waals surface area contributed by atoms with Crippen molar-refractivity contribution in [3.8, 4) is 11.5 Å². The predicted octanol–water partition coefficient (Wildman–Crippen LogP) is 0.184. The van der Waals surface area contributed by atoms with E-state index in [1.54, 1.807) is 18.7 Å². The summed E-state index contributed by atoms with van der Waals surface area (Å²) in [7, 11) is -3.26. The van der Waals surface area contributed by atoms with Crippen LogP contribution in [0.15, 0.2) is 15.5 Å². The highest BCUT2D eigenvalue weighted by molar-refractivity contribution is 7.89. The van der Waals surface area contributed by atoms with Crippen LogP contribution < -0.4 is 5.56 Å². The number of carbonyl (C=O) groups excluding carboxylic acids is 1. The SMILES string of the molecule is CCCS(=O)(=O)N1CCN(C(=O)CCn2c(C)ncc(-c3nc(C)no3)c2=O)CC1. The summed E-state index contributed by atoms with van der Waals surface area (Å²) in [6.45, 7) is 6.59. The fourth-order valence-electron chi connectivity index (χ4n) is 3.36. The van der Waals surface area contributed by atoms with Crippen molar-refractivity contribution in [2.24, 2.45) is 0 Å². The maximum atomic E-state index is 12.8. The molecule has 2 aromatic heterocycles. The van der Waals surface area contributed by atoms with Gasteiger partial charge in [-0.2, -0.15) is 9.29 Å². The van der Waals surface area contributed by atoms with Crippen LogP contribution in [0.25, 0.3) is 11.5 Å². The largest absolute Gasteiger partial charge is 0.340 e. The van der Waals surface area contributed by atoms with Gasteiger partial charge in [0.2, 0.25) is 15.9 Å². The number of nitrogens with zero attached hydrogens (tertiary/aromatic N) is 6. The van der Waals surface area contributed by atoms with Gasteiger partial charge in [0, 0.05) is 45.3 Å². The molecule has 0 spiro atoms. The summed E-state index contributed by atoms with van der Waals surface area (Å²) in [5, 5.41) is 3.69. The molecule has 0 aliphatic carbocycles. The molecule has 0 atom stereocenters. The average molecular weight is 439 g/mol. The monoisotopic (exact) mass is 438 g/mol. The van der Waals surface area contributed by atoms with Gasteiger partial charge in [-0.15, -0.1) is 0 Å². The average Bonchev–Trinajstić information content (AvgIpc) is 3.13. The lowest BCUT2D eigenvalue weighted by Gasteiger charge is -2.34. The molecule has 30 heavy (non-hydrogen) atoms. The van der Waals surface area contributed by atoms with Crippen LogP contribution in [0, 0.1) is 13.8 Å². The highest BCUT2D eigenvalue weighted by Gasteiger charge is 2.28. The van der Waals surface area contributed by atoms with Gasteiger partial charge in [-0.05, 0) is 20.3 Å². The van der Waals surface area contributed by atoms with Crippen LogP contribution in [0.4, 0.5) is 0 Å². The van der Waals surface area contributed by atoms with E-state index < -0.39 is 10.0 Å². The minimum atomic E-state index is -3.26. The Balaban J connectivity index is 1.64. The predicted molar refractivity (Wildman–Crippen MR) is 108 cm³/mol. The van der Waals surface area contributed by atoms with Gasteiger partial charge in [-0.1, -0.05) is 12.1 Å². The number of aromatic nitrogens is 4. The molecule has 12 heteroatoms. The standard InChI is InChI=1S/C18H26N6O5S/c1-4-11-30(27,28)23-9-7-22(8-10-23)16(25)5-6-24-14(3)19-12-15(18(24)26)17-20-13(2)21-29-17/h12H,4-11H2,1-3H3. The Morgan fingerprint density at radius 3 is 2.50 bits per heavy atom. The van der Waals surface area contributed by atoms with Crippen molar-refractivity contribution >= 4 is 15.9 Å². The third kappa shape index (κ3) is 4.75. The van der Waals surface area contributed by atoms with E-state index >= 15 is 0 Å². The molecule has 0 saturated carbocycles. The summed E-state index contributed by atoms with van der Waals surface area (Å²) < 4.78 is 32.2. The number of rotatable bonds is 7. The van der Waals surface area contributed by atoms with Crippen molar-refractivity contribution in [2.75, 3.05) is 31.9 Å². The molecule has 11 nitrogen and oxygen atoms in total. The molecule has 1 aliphatic rings. The number of amides is 1. The molecule has 0 radical (unpaired) electrons. The van der Waals surface area contributed by atoms with Gasteiger partial charge in [0.05, 0.1) is 5.75 Å². The summed E-state index contributed by atoms with van der Waals surface area (Å²) >= 11 is 0. The van der Waals surface area contributed by atoms with Crippen LogP contribution >= 0.6 is 0 Å². The molecule has 1 fully saturated rings.